The van der Waals surface area contributed by atoms with Gasteiger partial charge in [-0.2, -0.15) is 0 Å². The first-order valence-corrected chi connectivity index (χ1v) is 8.29. The molecule has 0 radical (unpaired) electrons. The van der Waals surface area contributed by atoms with E-state index in [-0.39, 0.29) is 17.9 Å². The fourth-order valence-electron chi connectivity index (χ4n) is 2.67. The van der Waals surface area contributed by atoms with E-state index < -0.39 is 0 Å². The monoisotopic (exact) mass is 295 g/mol. The molecule has 112 valence electrons. The highest BCUT2D eigenvalue weighted by Gasteiger charge is 2.24. The molecule has 1 atom stereocenters. The molecule has 1 aromatic rings. The Morgan fingerprint density at radius 2 is 2.30 bits per heavy atom. The Morgan fingerprint density at radius 3 is 3.00 bits per heavy atom. The maximum absolute atomic E-state index is 12.3. The number of nitrogens with one attached hydrogen (secondary N) is 1. The molecule has 1 amide bonds. The van der Waals surface area contributed by atoms with Crippen molar-refractivity contribution in [1.82, 2.24) is 5.32 Å². The van der Waals surface area contributed by atoms with E-state index in [9.17, 15) is 4.79 Å². The van der Waals surface area contributed by atoms with Crippen LogP contribution in [0, 0.1) is 11.3 Å². The smallest absolute Gasteiger partial charge is 0.252 e. The van der Waals surface area contributed by atoms with Crippen molar-refractivity contribution in [3.05, 3.63) is 21.4 Å². The molecule has 1 aliphatic rings. The summed E-state index contributed by atoms with van der Waals surface area (Å²) in [5.74, 6) is 0.781. The Morgan fingerprint density at radius 1 is 1.55 bits per heavy atom. The van der Waals surface area contributed by atoms with E-state index in [1.807, 2.05) is 5.38 Å². The van der Waals surface area contributed by atoms with Gasteiger partial charge in [-0.15, -0.1) is 11.3 Å². The van der Waals surface area contributed by atoms with Gasteiger partial charge in [-0.1, -0.05) is 20.8 Å². The van der Waals surface area contributed by atoms with E-state index in [1.165, 1.54) is 16.9 Å². The molecule has 4 heteroatoms. The zero-order chi connectivity index (χ0) is 14.8. The number of aliphatic hydroxyl groups is 1. The van der Waals surface area contributed by atoms with Crippen molar-refractivity contribution in [3.8, 4) is 0 Å². The highest BCUT2D eigenvalue weighted by Crippen LogP contribution is 2.32. The van der Waals surface area contributed by atoms with Crippen molar-refractivity contribution in [2.45, 2.75) is 46.5 Å². The van der Waals surface area contributed by atoms with Gasteiger partial charge in [0.2, 0.25) is 0 Å². The number of carbonyl (C=O) groups is 1. The van der Waals surface area contributed by atoms with E-state index in [0.717, 1.165) is 24.3 Å². The largest absolute Gasteiger partial charge is 0.396 e. The van der Waals surface area contributed by atoms with Crippen LogP contribution in [0.4, 0.5) is 0 Å². The highest BCUT2D eigenvalue weighted by atomic mass is 32.1. The number of aliphatic hydroxyl groups excluding tert-OH is 1. The molecule has 0 aliphatic heterocycles. The van der Waals surface area contributed by atoms with Crippen LogP contribution in [0.15, 0.2) is 5.38 Å². The molecule has 1 aliphatic carbocycles. The molecule has 3 nitrogen and oxygen atoms in total. The average molecular weight is 295 g/mol. The van der Waals surface area contributed by atoms with Gasteiger partial charge in [0.1, 0.15) is 0 Å². The lowest BCUT2D eigenvalue weighted by Crippen LogP contribution is -2.35. The van der Waals surface area contributed by atoms with Crippen LogP contribution in [-0.4, -0.2) is 24.2 Å². The van der Waals surface area contributed by atoms with Crippen LogP contribution in [0.1, 0.15) is 54.4 Å². The van der Waals surface area contributed by atoms with Crippen molar-refractivity contribution >= 4 is 17.2 Å². The van der Waals surface area contributed by atoms with E-state index in [0.29, 0.717) is 13.0 Å². The minimum atomic E-state index is -0.0605. The number of fused-ring (bicyclic) bond motifs is 1. The van der Waals surface area contributed by atoms with Crippen molar-refractivity contribution in [1.29, 1.82) is 0 Å². The lowest BCUT2D eigenvalue weighted by Gasteiger charge is -2.24. The van der Waals surface area contributed by atoms with Gasteiger partial charge in [0.15, 0.2) is 0 Å². The first kappa shape index (κ1) is 15.5. The van der Waals surface area contributed by atoms with Crippen LogP contribution in [0.25, 0.3) is 0 Å². The van der Waals surface area contributed by atoms with Gasteiger partial charge in [0, 0.05) is 23.4 Å². The molecule has 0 saturated heterocycles. The highest BCUT2D eigenvalue weighted by molar-refractivity contribution is 7.10. The number of amides is 1. The Balaban J connectivity index is 2.00. The molecule has 0 aromatic carbocycles. The fraction of sp³-hybridized carbons (Fsp3) is 0.688. The van der Waals surface area contributed by atoms with Crippen LogP contribution < -0.4 is 5.32 Å². The predicted octanol–water partition coefficient (Wildman–Crippen LogP) is 3.01. The molecule has 1 aromatic heterocycles. The van der Waals surface area contributed by atoms with Gasteiger partial charge in [-0.25, -0.2) is 0 Å². The second-order valence-corrected chi connectivity index (χ2v) is 7.68. The summed E-state index contributed by atoms with van der Waals surface area (Å²) in [5, 5.41) is 14.1. The second kappa shape index (κ2) is 6.27. The Labute approximate surface area is 125 Å². The standard InChI is InChI=1S/C16H25NO2S/c1-11-4-5-12-13(9-20-14(12)8-11)15(19)17-10-16(2,3)6-7-18/h9,11,18H,4-8,10H2,1-3H3,(H,17,19). The van der Waals surface area contributed by atoms with Crippen molar-refractivity contribution in [3.63, 3.8) is 0 Å². The van der Waals surface area contributed by atoms with Crippen LogP contribution in [0.2, 0.25) is 0 Å². The number of rotatable bonds is 5. The van der Waals surface area contributed by atoms with Crippen LogP contribution in [0.5, 0.6) is 0 Å². The third kappa shape index (κ3) is 3.61. The first-order valence-electron chi connectivity index (χ1n) is 7.41. The van der Waals surface area contributed by atoms with Crippen LogP contribution >= 0.6 is 11.3 Å². The molecule has 0 bridgehead atoms. The summed E-state index contributed by atoms with van der Waals surface area (Å²) in [4.78, 5) is 13.7. The molecule has 0 saturated carbocycles. The van der Waals surface area contributed by atoms with Crippen molar-refractivity contribution in [2.75, 3.05) is 13.2 Å². The zero-order valence-electron chi connectivity index (χ0n) is 12.7. The Bertz CT molecular complexity index is 479. The van der Waals surface area contributed by atoms with E-state index in [4.69, 9.17) is 5.11 Å². The molecular formula is C16H25NO2S. The molecule has 0 fully saturated rings. The minimum absolute atomic E-state index is 0.0445. The van der Waals surface area contributed by atoms with Gasteiger partial charge in [0.25, 0.3) is 5.91 Å². The molecule has 1 unspecified atom stereocenters. The number of thiophene rings is 1. The van der Waals surface area contributed by atoms with Gasteiger partial charge in [-0.3, -0.25) is 4.79 Å². The average Bonchev–Trinajstić information content (AvgIpc) is 2.79. The van der Waals surface area contributed by atoms with E-state index >= 15 is 0 Å². The molecule has 20 heavy (non-hydrogen) atoms. The van der Waals surface area contributed by atoms with E-state index in [1.54, 1.807) is 11.3 Å². The molecule has 2 rings (SSSR count). The zero-order valence-corrected chi connectivity index (χ0v) is 13.5. The first-order chi connectivity index (χ1) is 9.43. The summed E-state index contributed by atoms with van der Waals surface area (Å²) < 4.78 is 0. The van der Waals surface area contributed by atoms with Crippen molar-refractivity contribution < 1.29 is 9.90 Å². The molecule has 2 N–H and O–H groups in total. The lowest BCUT2D eigenvalue weighted by atomic mass is 9.88. The molecule has 0 spiro atoms. The lowest BCUT2D eigenvalue weighted by molar-refractivity contribution is 0.0927. The summed E-state index contributed by atoms with van der Waals surface area (Å²) in [6, 6.07) is 0. The van der Waals surface area contributed by atoms with Crippen LogP contribution in [-0.2, 0) is 12.8 Å². The summed E-state index contributed by atoms with van der Waals surface area (Å²) >= 11 is 1.73. The van der Waals surface area contributed by atoms with Gasteiger partial charge in [-0.05, 0) is 42.6 Å². The van der Waals surface area contributed by atoms with Gasteiger partial charge >= 0.3 is 0 Å². The van der Waals surface area contributed by atoms with Gasteiger partial charge in [0.05, 0.1) is 5.56 Å². The summed E-state index contributed by atoms with van der Waals surface area (Å²) in [6.45, 7) is 7.17. The third-order valence-electron chi connectivity index (χ3n) is 4.16. The summed E-state index contributed by atoms with van der Waals surface area (Å²) in [5.41, 5.74) is 2.08. The second-order valence-electron chi connectivity index (χ2n) is 6.72. The number of carbonyl (C=O) groups excluding carboxylic acids is 1. The third-order valence-corrected chi connectivity index (χ3v) is 5.21. The number of hydrogen-bond acceptors (Lipinski definition) is 3. The SMILES string of the molecule is CC1CCc2c(C(=O)NCC(C)(C)CCO)csc2C1. The molecule has 1 heterocycles. The number of hydrogen-bond donors (Lipinski definition) is 2. The fourth-order valence-corrected chi connectivity index (χ4v) is 3.92. The van der Waals surface area contributed by atoms with E-state index in [2.05, 4.69) is 26.1 Å². The maximum atomic E-state index is 12.3. The summed E-state index contributed by atoms with van der Waals surface area (Å²) in [7, 11) is 0. The predicted molar refractivity (Wildman–Crippen MR) is 83.3 cm³/mol. The maximum Gasteiger partial charge on any atom is 0.252 e. The quantitative estimate of drug-likeness (QED) is 0.877. The normalized spacial score (nSPS) is 18.7. The minimum Gasteiger partial charge on any atom is -0.396 e. The molecular weight excluding hydrogens is 270 g/mol. The Kier molecular flexibility index (Phi) is 4.86. The van der Waals surface area contributed by atoms with Gasteiger partial charge < -0.3 is 10.4 Å². The summed E-state index contributed by atoms with van der Waals surface area (Å²) in [6.07, 6.45) is 4.03. The Hall–Kier alpha value is -0.870. The topological polar surface area (TPSA) is 49.3 Å². The van der Waals surface area contributed by atoms with Crippen molar-refractivity contribution in [2.24, 2.45) is 11.3 Å². The van der Waals surface area contributed by atoms with Crippen LogP contribution in [0.3, 0.4) is 0 Å².